The Hall–Kier alpha value is -0.890. The Morgan fingerprint density at radius 2 is 1.77 bits per heavy atom. The van der Waals surface area contributed by atoms with Crippen LogP contribution in [-0.2, 0) is 0 Å². The van der Waals surface area contributed by atoms with Gasteiger partial charge in [-0.1, -0.05) is 19.1 Å². The van der Waals surface area contributed by atoms with Gasteiger partial charge in [-0.25, -0.2) is 4.39 Å². The highest BCUT2D eigenvalue weighted by atomic mass is 19.1. The van der Waals surface area contributed by atoms with Crippen molar-refractivity contribution in [3.63, 3.8) is 0 Å². The number of rotatable bonds is 2. The fourth-order valence-corrected chi connectivity index (χ4v) is 1.41. The first-order chi connectivity index (χ1) is 6.06. The molecule has 0 saturated heterocycles. The van der Waals surface area contributed by atoms with Gasteiger partial charge in [0.2, 0.25) is 0 Å². The van der Waals surface area contributed by atoms with Gasteiger partial charge in [-0.2, -0.15) is 0 Å². The van der Waals surface area contributed by atoms with Crippen molar-refractivity contribution < 1.29 is 9.50 Å². The van der Waals surface area contributed by atoms with E-state index in [2.05, 4.69) is 0 Å². The Balaban J connectivity index is 3.13. The Morgan fingerprint density at radius 1 is 1.31 bits per heavy atom. The molecule has 13 heavy (non-hydrogen) atoms. The van der Waals surface area contributed by atoms with E-state index in [1.165, 1.54) is 0 Å². The summed E-state index contributed by atoms with van der Waals surface area (Å²) in [5, 5.41) is 9.55. The topological polar surface area (TPSA) is 20.2 Å². The fourth-order valence-electron chi connectivity index (χ4n) is 1.41. The SMILES string of the molecule is CCC(O)c1cc(C)c(F)c(C)c1. The lowest BCUT2D eigenvalue weighted by Gasteiger charge is -2.11. The third-order valence-corrected chi connectivity index (χ3v) is 2.23. The minimum Gasteiger partial charge on any atom is -0.388 e. The lowest BCUT2D eigenvalue weighted by molar-refractivity contribution is 0.173. The molecule has 0 fully saturated rings. The van der Waals surface area contributed by atoms with Gasteiger partial charge in [0, 0.05) is 0 Å². The van der Waals surface area contributed by atoms with Gasteiger partial charge >= 0.3 is 0 Å². The van der Waals surface area contributed by atoms with Gasteiger partial charge in [0.15, 0.2) is 0 Å². The van der Waals surface area contributed by atoms with Crippen molar-refractivity contribution in [2.24, 2.45) is 0 Å². The minimum absolute atomic E-state index is 0.174. The van der Waals surface area contributed by atoms with Gasteiger partial charge in [-0.3, -0.25) is 0 Å². The van der Waals surface area contributed by atoms with E-state index in [0.29, 0.717) is 17.5 Å². The van der Waals surface area contributed by atoms with Crippen LogP contribution in [0.5, 0.6) is 0 Å². The van der Waals surface area contributed by atoms with Gasteiger partial charge < -0.3 is 5.11 Å². The molecule has 0 heterocycles. The molecule has 0 amide bonds. The van der Waals surface area contributed by atoms with Gasteiger partial charge in [0.05, 0.1) is 6.10 Å². The number of aliphatic hydroxyl groups is 1. The highest BCUT2D eigenvalue weighted by Crippen LogP contribution is 2.21. The van der Waals surface area contributed by atoms with E-state index in [0.717, 1.165) is 5.56 Å². The van der Waals surface area contributed by atoms with Crippen molar-refractivity contribution in [2.45, 2.75) is 33.3 Å². The zero-order valence-corrected chi connectivity index (χ0v) is 8.26. The molecule has 0 radical (unpaired) electrons. The molecule has 0 spiro atoms. The number of benzene rings is 1. The first-order valence-corrected chi connectivity index (χ1v) is 4.51. The van der Waals surface area contributed by atoms with Gasteiger partial charge in [0.25, 0.3) is 0 Å². The summed E-state index contributed by atoms with van der Waals surface area (Å²) in [7, 11) is 0. The summed E-state index contributed by atoms with van der Waals surface area (Å²) in [5.41, 5.74) is 2.00. The first-order valence-electron chi connectivity index (χ1n) is 4.51. The van der Waals surface area contributed by atoms with Crippen LogP contribution < -0.4 is 0 Å². The Labute approximate surface area is 78.2 Å². The number of aryl methyl sites for hydroxylation is 2. The van der Waals surface area contributed by atoms with E-state index < -0.39 is 6.10 Å². The number of aliphatic hydroxyl groups excluding tert-OH is 1. The van der Waals surface area contributed by atoms with Crippen molar-refractivity contribution in [2.75, 3.05) is 0 Å². The molecule has 1 aromatic carbocycles. The second-order valence-corrected chi connectivity index (χ2v) is 3.39. The predicted octanol–water partition coefficient (Wildman–Crippen LogP) is 2.89. The smallest absolute Gasteiger partial charge is 0.129 e. The van der Waals surface area contributed by atoms with Gasteiger partial charge in [-0.05, 0) is 37.0 Å². The summed E-state index contributed by atoms with van der Waals surface area (Å²) in [6.45, 7) is 5.33. The van der Waals surface area contributed by atoms with Crippen LogP contribution >= 0.6 is 0 Å². The fraction of sp³-hybridized carbons (Fsp3) is 0.455. The molecule has 0 aromatic heterocycles. The summed E-state index contributed by atoms with van der Waals surface area (Å²) < 4.78 is 13.2. The van der Waals surface area contributed by atoms with E-state index in [4.69, 9.17) is 0 Å². The zero-order valence-electron chi connectivity index (χ0n) is 8.26. The van der Waals surface area contributed by atoms with Crippen molar-refractivity contribution in [1.82, 2.24) is 0 Å². The molecule has 1 unspecified atom stereocenters. The molecule has 0 bridgehead atoms. The molecule has 2 heteroatoms. The van der Waals surface area contributed by atoms with Crippen molar-refractivity contribution in [1.29, 1.82) is 0 Å². The zero-order chi connectivity index (χ0) is 10.0. The quantitative estimate of drug-likeness (QED) is 0.745. The summed E-state index contributed by atoms with van der Waals surface area (Å²) >= 11 is 0. The standard InChI is InChI=1S/C11H15FO/c1-4-10(13)9-5-7(2)11(12)8(3)6-9/h5-6,10,13H,4H2,1-3H3. The van der Waals surface area contributed by atoms with Crippen LogP contribution in [-0.4, -0.2) is 5.11 Å². The van der Waals surface area contributed by atoms with Crippen LogP contribution in [0.4, 0.5) is 4.39 Å². The molecule has 0 aliphatic heterocycles. The van der Waals surface area contributed by atoms with Crippen LogP contribution in [0.25, 0.3) is 0 Å². The lowest BCUT2D eigenvalue weighted by atomic mass is 10.0. The van der Waals surface area contributed by atoms with E-state index in [1.54, 1.807) is 26.0 Å². The highest BCUT2D eigenvalue weighted by Gasteiger charge is 2.09. The van der Waals surface area contributed by atoms with E-state index in [-0.39, 0.29) is 5.82 Å². The molecule has 72 valence electrons. The molecule has 0 aliphatic carbocycles. The third-order valence-electron chi connectivity index (χ3n) is 2.23. The van der Waals surface area contributed by atoms with Crippen LogP contribution in [0.3, 0.4) is 0 Å². The summed E-state index contributed by atoms with van der Waals surface area (Å²) in [4.78, 5) is 0. The maximum Gasteiger partial charge on any atom is 0.129 e. The van der Waals surface area contributed by atoms with Crippen LogP contribution in [0.15, 0.2) is 12.1 Å². The van der Waals surface area contributed by atoms with Crippen molar-refractivity contribution in [3.8, 4) is 0 Å². The normalized spacial score (nSPS) is 13.0. The molecule has 1 nitrogen and oxygen atoms in total. The number of hydrogen-bond donors (Lipinski definition) is 1. The maximum absolute atomic E-state index is 13.2. The molecule has 0 saturated carbocycles. The average Bonchev–Trinajstić information content (AvgIpc) is 2.12. The third kappa shape index (κ3) is 2.07. The Bertz CT molecular complexity index is 284. The van der Waals surface area contributed by atoms with E-state index in [1.807, 2.05) is 6.92 Å². The van der Waals surface area contributed by atoms with Gasteiger partial charge in [0.1, 0.15) is 5.82 Å². The van der Waals surface area contributed by atoms with Gasteiger partial charge in [-0.15, -0.1) is 0 Å². The lowest BCUT2D eigenvalue weighted by Crippen LogP contribution is -1.98. The van der Waals surface area contributed by atoms with Crippen molar-refractivity contribution in [3.05, 3.63) is 34.6 Å². The Kier molecular flexibility index (Phi) is 3.04. The monoisotopic (exact) mass is 182 g/mol. The second kappa shape index (κ2) is 3.88. The van der Waals surface area contributed by atoms with Crippen LogP contribution in [0.1, 0.15) is 36.1 Å². The molecule has 1 rings (SSSR count). The molecule has 1 aromatic rings. The van der Waals surface area contributed by atoms with E-state index >= 15 is 0 Å². The molecule has 0 aliphatic rings. The summed E-state index contributed by atoms with van der Waals surface area (Å²) in [6, 6.07) is 3.41. The molecule has 1 atom stereocenters. The molecular formula is C11H15FO. The molecule has 1 N–H and O–H groups in total. The average molecular weight is 182 g/mol. The summed E-state index contributed by atoms with van der Waals surface area (Å²) in [5.74, 6) is -0.174. The second-order valence-electron chi connectivity index (χ2n) is 3.39. The van der Waals surface area contributed by atoms with Crippen LogP contribution in [0.2, 0.25) is 0 Å². The predicted molar refractivity (Wildman–Crippen MR) is 51.1 cm³/mol. The minimum atomic E-state index is -0.474. The maximum atomic E-state index is 13.2. The highest BCUT2D eigenvalue weighted by molar-refractivity contribution is 5.31. The largest absolute Gasteiger partial charge is 0.388 e. The Morgan fingerprint density at radius 3 is 2.15 bits per heavy atom. The van der Waals surface area contributed by atoms with Crippen molar-refractivity contribution >= 4 is 0 Å². The first kappa shape index (κ1) is 10.2. The molecular weight excluding hydrogens is 167 g/mol. The number of hydrogen-bond acceptors (Lipinski definition) is 1. The van der Waals surface area contributed by atoms with Crippen LogP contribution in [0, 0.1) is 19.7 Å². The van der Waals surface area contributed by atoms with E-state index in [9.17, 15) is 9.50 Å². The number of halogens is 1. The summed E-state index contributed by atoms with van der Waals surface area (Å²) in [6.07, 6.45) is 0.183.